The van der Waals surface area contributed by atoms with Crippen molar-refractivity contribution in [1.29, 1.82) is 0 Å². The van der Waals surface area contributed by atoms with Crippen LogP contribution in [0.2, 0.25) is 0 Å². The fourth-order valence-corrected chi connectivity index (χ4v) is 1.76. The second-order valence-corrected chi connectivity index (χ2v) is 4.00. The molecule has 5 heteroatoms. The van der Waals surface area contributed by atoms with Crippen LogP contribution in [0, 0.1) is 0 Å². The van der Waals surface area contributed by atoms with Crippen LogP contribution >= 0.6 is 0 Å². The molecule has 1 amide bonds. The highest BCUT2D eigenvalue weighted by atomic mass is 16.5. The van der Waals surface area contributed by atoms with Gasteiger partial charge < -0.3 is 15.4 Å². The third-order valence-corrected chi connectivity index (χ3v) is 2.85. The molecule has 2 rings (SSSR count). The summed E-state index contributed by atoms with van der Waals surface area (Å²) in [7, 11) is 3.20. The van der Waals surface area contributed by atoms with Crippen LogP contribution in [0.3, 0.4) is 0 Å². The quantitative estimate of drug-likeness (QED) is 0.853. The molecule has 0 saturated heterocycles. The third-order valence-electron chi connectivity index (χ3n) is 2.85. The molecule has 0 radical (unpaired) electrons. The van der Waals surface area contributed by atoms with E-state index < -0.39 is 0 Å². The molecule has 0 spiro atoms. The Morgan fingerprint density at radius 3 is 2.74 bits per heavy atom. The van der Waals surface area contributed by atoms with Crippen LogP contribution in [0.4, 0.5) is 11.4 Å². The van der Waals surface area contributed by atoms with Crippen molar-refractivity contribution in [3.05, 3.63) is 48.3 Å². The summed E-state index contributed by atoms with van der Waals surface area (Å²) in [6.45, 7) is 0. The molecule has 0 aliphatic rings. The Bertz CT molecular complexity index is 584. The maximum atomic E-state index is 12.4. The number of benzene rings is 1. The molecular formula is C14H15N3O2. The normalized spacial score (nSPS) is 10.0. The topological polar surface area (TPSA) is 68.5 Å². The lowest BCUT2D eigenvalue weighted by Crippen LogP contribution is -2.27. The summed E-state index contributed by atoms with van der Waals surface area (Å²) in [6.07, 6.45) is 3.27. The molecule has 0 atom stereocenters. The highest BCUT2D eigenvalue weighted by molar-refractivity contribution is 6.09. The SMILES string of the molecule is COc1cccc(C(=O)N(C)c2cccnc2)c1N. The van der Waals surface area contributed by atoms with Crippen molar-refractivity contribution < 1.29 is 9.53 Å². The van der Waals surface area contributed by atoms with Crippen molar-refractivity contribution >= 4 is 17.3 Å². The van der Waals surface area contributed by atoms with E-state index in [0.29, 0.717) is 22.7 Å². The number of carbonyl (C=O) groups is 1. The number of rotatable bonds is 3. The second kappa shape index (κ2) is 5.39. The molecule has 2 N–H and O–H groups in total. The first-order valence-corrected chi connectivity index (χ1v) is 5.75. The van der Waals surface area contributed by atoms with E-state index in [-0.39, 0.29) is 5.91 Å². The zero-order valence-corrected chi connectivity index (χ0v) is 10.8. The number of nitrogens with zero attached hydrogens (tertiary/aromatic N) is 2. The predicted molar refractivity (Wildman–Crippen MR) is 74.4 cm³/mol. The molecule has 1 aromatic carbocycles. The van der Waals surface area contributed by atoms with Gasteiger partial charge in [-0.25, -0.2) is 0 Å². The van der Waals surface area contributed by atoms with E-state index in [1.54, 1.807) is 49.8 Å². The largest absolute Gasteiger partial charge is 0.495 e. The van der Waals surface area contributed by atoms with Gasteiger partial charge in [-0.1, -0.05) is 6.07 Å². The average Bonchev–Trinajstić information content (AvgIpc) is 2.47. The van der Waals surface area contributed by atoms with Gasteiger partial charge in [0.25, 0.3) is 5.91 Å². The smallest absolute Gasteiger partial charge is 0.260 e. The molecule has 0 fully saturated rings. The molecule has 0 saturated carbocycles. The zero-order valence-electron chi connectivity index (χ0n) is 10.8. The van der Waals surface area contributed by atoms with Crippen molar-refractivity contribution in [3.8, 4) is 5.75 Å². The number of nitrogens with two attached hydrogens (primary N) is 1. The number of pyridine rings is 1. The highest BCUT2D eigenvalue weighted by Gasteiger charge is 2.18. The van der Waals surface area contributed by atoms with Gasteiger partial charge in [0.05, 0.1) is 30.2 Å². The summed E-state index contributed by atoms with van der Waals surface area (Å²) in [4.78, 5) is 17.9. The summed E-state index contributed by atoms with van der Waals surface area (Å²) in [5.74, 6) is 0.287. The Balaban J connectivity index is 2.35. The number of aromatic nitrogens is 1. The van der Waals surface area contributed by atoms with E-state index in [0.717, 1.165) is 0 Å². The maximum absolute atomic E-state index is 12.4. The Morgan fingerprint density at radius 2 is 2.11 bits per heavy atom. The van der Waals surface area contributed by atoms with Gasteiger partial charge in [-0.15, -0.1) is 0 Å². The number of anilines is 2. The molecule has 19 heavy (non-hydrogen) atoms. The lowest BCUT2D eigenvalue weighted by atomic mass is 10.1. The van der Waals surface area contributed by atoms with Gasteiger partial charge in [0.1, 0.15) is 5.75 Å². The zero-order chi connectivity index (χ0) is 13.8. The standard InChI is InChI=1S/C14H15N3O2/c1-17(10-5-4-8-16-9-10)14(18)11-6-3-7-12(19-2)13(11)15/h3-9H,15H2,1-2H3. The van der Waals surface area contributed by atoms with E-state index >= 15 is 0 Å². The van der Waals surface area contributed by atoms with E-state index in [1.807, 2.05) is 0 Å². The van der Waals surface area contributed by atoms with E-state index in [2.05, 4.69) is 4.98 Å². The van der Waals surface area contributed by atoms with Gasteiger partial charge >= 0.3 is 0 Å². The van der Waals surface area contributed by atoms with E-state index in [9.17, 15) is 4.79 Å². The number of carbonyl (C=O) groups excluding carboxylic acids is 1. The Morgan fingerprint density at radius 1 is 1.32 bits per heavy atom. The fourth-order valence-electron chi connectivity index (χ4n) is 1.76. The third kappa shape index (κ3) is 2.49. The summed E-state index contributed by atoms with van der Waals surface area (Å²) >= 11 is 0. The van der Waals surface area contributed by atoms with Crippen molar-refractivity contribution in [2.75, 3.05) is 24.8 Å². The minimum atomic E-state index is -0.204. The second-order valence-electron chi connectivity index (χ2n) is 4.00. The Kier molecular flexibility index (Phi) is 3.66. The minimum absolute atomic E-state index is 0.204. The van der Waals surface area contributed by atoms with Crippen LogP contribution in [0.25, 0.3) is 0 Å². The molecule has 1 aromatic heterocycles. The summed E-state index contributed by atoms with van der Waals surface area (Å²) in [6, 6.07) is 8.71. The lowest BCUT2D eigenvalue weighted by molar-refractivity contribution is 0.0993. The average molecular weight is 257 g/mol. The summed E-state index contributed by atoms with van der Waals surface area (Å²) < 4.78 is 5.11. The molecule has 0 unspecified atom stereocenters. The minimum Gasteiger partial charge on any atom is -0.495 e. The first-order chi connectivity index (χ1) is 9.15. The molecule has 1 heterocycles. The van der Waals surface area contributed by atoms with Crippen LogP contribution in [0.15, 0.2) is 42.7 Å². The number of hydrogen-bond donors (Lipinski definition) is 1. The highest BCUT2D eigenvalue weighted by Crippen LogP contribution is 2.26. The number of ether oxygens (including phenoxy) is 1. The van der Waals surface area contributed by atoms with Gasteiger partial charge in [0.15, 0.2) is 0 Å². The molecule has 5 nitrogen and oxygen atoms in total. The molecular weight excluding hydrogens is 242 g/mol. The van der Waals surface area contributed by atoms with Gasteiger partial charge in [-0.3, -0.25) is 9.78 Å². The van der Waals surface area contributed by atoms with Crippen molar-refractivity contribution in [2.24, 2.45) is 0 Å². The lowest BCUT2D eigenvalue weighted by Gasteiger charge is -2.18. The first-order valence-electron chi connectivity index (χ1n) is 5.75. The first kappa shape index (κ1) is 12.9. The van der Waals surface area contributed by atoms with Crippen LogP contribution in [0.1, 0.15) is 10.4 Å². The molecule has 98 valence electrons. The maximum Gasteiger partial charge on any atom is 0.260 e. The fraction of sp³-hybridized carbons (Fsp3) is 0.143. The predicted octanol–water partition coefficient (Wildman–Crippen LogP) is 1.95. The van der Waals surface area contributed by atoms with Crippen LogP contribution < -0.4 is 15.4 Å². The summed E-state index contributed by atoms with van der Waals surface area (Å²) in [5, 5.41) is 0. The number of nitrogen functional groups attached to an aromatic ring is 1. The molecule has 0 bridgehead atoms. The van der Waals surface area contributed by atoms with Gasteiger partial charge in [0.2, 0.25) is 0 Å². The molecule has 0 aliphatic carbocycles. The van der Waals surface area contributed by atoms with Crippen LogP contribution in [-0.2, 0) is 0 Å². The van der Waals surface area contributed by atoms with Crippen molar-refractivity contribution in [1.82, 2.24) is 4.98 Å². The Labute approximate surface area is 111 Å². The van der Waals surface area contributed by atoms with Gasteiger partial charge in [0, 0.05) is 13.2 Å². The number of para-hydroxylation sites is 1. The van der Waals surface area contributed by atoms with E-state index in [4.69, 9.17) is 10.5 Å². The van der Waals surface area contributed by atoms with Crippen LogP contribution in [-0.4, -0.2) is 25.0 Å². The Hall–Kier alpha value is -2.56. The number of methoxy groups -OCH3 is 1. The number of hydrogen-bond acceptors (Lipinski definition) is 4. The molecule has 2 aromatic rings. The van der Waals surface area contributed by atoms with Crippen molar-refractivity contribution in [3.63, 3.8) is 0 Å². The summed E-state index contributed by atoms with van der Waals surface area (Å²) in [5.41, 5.74) is 7.37. The monoisotopic (exact) mass is 257 g/mol. The van der Waals surface area contributed by atoms with Gasteiger partial charge in [-0.05, 0) is 24.3 Å². The van der Waals surface area contributed by atoms with E-state index in [1.165, 1.54) is 12.0 Å². The van der Waals surface area contributed by atoms with Gasteiger partial charge in [-0.2, -0.15) is 0 Å². The number of amides is 1. The molecule has 0 aliphatic heterocycles. The van der Waals surface area contributed by atoms with Crippen molar-refractivity contribution in [2.45, 2.75) is 0 Å². The van der Waals surface area contributed by atoms with Crippen LogP contribution in [0.5, 0.6) is 5.75 Å².